The van der Waals surface area contributed by atoms with Gasteiger partial charge in [-0.2, -0.15) is 0 Å². The molecule has 0 saturated heterocycles. The van der Waals surface area contributed by atoms with Gasteiger partial charge in [-0.1, -0.05) is 0 Å². The molecule has 10 nitrogen and oxygen atoms in total. The summed E-state index contributed by atoms with van der Waals surface area (Å²) in [6.45, 7) is -1.51. The molecule has 0 aromatic carbocycles. The Morgan fingerprint density at radius 2 is 0.947 bits per heavy atom. The van der Waals surface area contributed by atoms with E-state index in [0.717, 1.165) is 0 Å². The predicted molar refractivity (Wildman–Crippen MR) is 53.5 cm³/mol. The molecule has 0 aromatic heterocycles. The number of rotatable bonds is 6. The molecule has 8 N–H and O–H groups in total. The Hall–Kier alpha value is -0.677. The summed E-state index contributed by atoms with van der Waals surface area (Å²) in [7, 11) is 0. The first kappa shape index (κ1) is 23.4. The van der Waals surface area contributed by atoms with E-state index >= 15 is 0 Å². The van der Waals surface area contributed by atoms with Crippen LogP contribution in [-0.4, -0.2) is 90.4 Å². The molecule has 11 heteroatoms. The van der Waals surface area contributed by atoms with Gasteiger partial charge >= 0.3 is 11.9 Å². The maximum atomic E-state index is 9.78. The molecule has 0 aliphatic rings. The van der Waals surface area contributed by atoms with E-state index in [2.05, 4.69) is 0 Å². The van der Waals surface area contributed by atoms with Gasteiger partial charge in [0.1, 0.15) is 12.2 Å². The van der Waals surface area contributed by atoms with Crippen LogP contribution in [0.15, 0.2) is 0 Å². The van der Waals surface area contributed by atoms with Gasteiger partial charge in [-0.05, 0) is 0 Å². The van der Waals surface area contributed by atoms with Gasteiger partial charge in [0.2, 0.25) is 0 Å². The SMILES string of the molecule is O=C(O)[C@@H](O)[C@H](O)CO.O=C(O)[C@@H](O)[C@H](O)CO.[Zn]. The number of hydrogen-bond acceptors (Lipinski definition) is 8. The standard InChI is InChI=1S/2C4H8O5.Zn/c2*5-1-2(6)3(7)4(8)9;/h2*2-3,5-7H,1H2,(H,8,9);/t2*2-,3+;/m11./s1. The van der Waals surface area contributed by atoms with Gasteiger partial charge < -0.3 is 40.9 Å². The van der Waals surface area contributed by atoms with E-state index in [1.807, 2.05) is 0 Å². The topological polar surface area (TPSA) is 196 Å². The summed E-state index contributed by atoms with van der Waals surface area (Å²) in [6.07, 6.45) is -6.98. The summed E-state index contributed by atoms with van der Waals surface area (Å²) in [5.74, 6) is -3.09. The van der Waals surface area contributed by atoms with Gasteiger partial charge in [-0.3, -0.25) is 0 Å². The molecule has 0 fully saturated rings. The molecule has 0 aliphatic heterocycles. The Kier molecular flexibility index (Phi) is 15.2. The third kappa shape index (κ3) is 10.9. The molecule has 4 atom stereocenters. The number of hydrogen-bond donors (Lipinski definition) is 8. The van der Waals surface area contributed by atoms with Crippen LogP contribution >= 0.6 is 0 Å². The fraction of sp³-hybridized carbons (Fsp3) is 0.750. The van der Waals surface area contributed by atoms with Crippen LogP contribution in [0.2, 0.25) is 0 Å². The first-order valence-electron chi connectivity index (χ1n) is 4.58. The van der Waals surface area contributed by atoms with Crippen molar-refractivity contribution in [3.63, 3.8) is 0 Å². The van der Waals surface area contributed by atoms with Gasteiger partial charge in [0.15, 0.2) is 12.2 Å². The van der Waals surface area contributed by atoms with Crippen molar-refractivity contribution in [3.8, 4) is 0 Å². The van der Waals surface area contributed by atoms with Crippen molar-refractivity contribution >= 4 is 11.9 Å². The van der Waals surface area contributed by atoms with Gasteiger partial charge in [0.05, 0.1) is 13.2 Å². The average Bonchev–Trinajstić information content (AvgIpc) is 2.35. The summed E-state index contributed by atoms with van der Waals surface area (Å²) in [5.41, 5.74) is 0. The first-order chi connectivity index (χ1) is 8.18. The molecule has 0 aromatic rings. The molecular formula is C8H16O10Zn. The van der Waals surface area contributed by atoms with E-state index < -0.39 is 49.6 Å². The molecule has 0 unspecified atom stereocenters. The second kappa shape index (κ2) is 12.4. The van der Waals surface area contributed by atoms with Crippen molar-refractivity contribution in [1.29, 1.82) is 0 Å². The Bertz CT molecular complexity index is 234. The zero-order valence-corrected chi connectivity index (χ0v) is 12.8. The molecule has 0 aliphatic carbocycles. The van der Waals surface area contributed by atoms with Crippen molar-refractivity contribution in [2.24, 2.45) is 0 Å². The Morgan fingerprint density at radius 1 is 0.737 bits per heavy atom. The number of carboxylic acid groups (broad SMARTS) is 2. The number of aliphatic carboxylic acids is 2. The molecule has 0 amide bonds. The predicted octanol–water partition coefficient (Wildman–Crippen LogP) is -4.43. The van der Waals surface area contributed by atoms with Crippen LogP contribution in [0, 0.1) is 0 Å². The van der Waals surface area contributed by atoms with Crippen LogP contribution in [-0.2, 0) is 29.1 Å². The van der Waals surface area contributed by atoms with E-state index in [-0.39, 0.29) is 19.5 Å². The average molecular weight is 338 g/mol. The zero-order valence-electron chi connectivity index (χ0n) is 9.82. The molecule has 19 heavy (non-hydrogen) atoms. The molecule has 110 valence electrons. The summed E-state index contributed by atoms with van der Waals surface area (Å²) < 4.78 is 0. The van der Waals surface area contributed by atoms with Crippen molar-refractivity contribution < 1.29 is 69.9 Å². The van der Waals surface area contributed by atoms with E-state index in [4.69, 9.17) is 40.9 Å². The molecule has 0 radical (unpaired) electrons. The van der Waals surface area contributed by atoms with Gasteiger partial charge in [-0.15, -0.1) is 0 Å². The van der Waals surface area contributed by atoms with Crippen molar-refractivity contribution in [1.82, 2.24) is 0 Å². The van der Waals surface area contributed by atoms with Crippen LogP contribution < -0.4 is 0 Å². The minimum atomic E-state index is -1.89. The van der Waals surface area contributed by atoms with Crippen LogP contribution in [0.3, 0.4) is 0 Å². The van der Waals surface area contributed by atoms with E-state index in [0.29, 0.717) is 0 Å². The molecule has 0 rings (SSSR count). The third-order valence-electron chi connectivity index (χ3n) is 1.61. The van der Waals surface area contributed by atoms with E-state index in [1.54, 1.807) is 0 Å². The second-order valence-corrected chi connectivity index (χ2v) is 3.07. The first-order valence-corrected chi connectivity index (χ1v) is 4.58. The minimum Gasteiger partial charge on any atom is -0.479 e. The van der Waals surface area contributed by atoms with Crippen LogP contribution in [0.1, 0.15) is 0 Å². The monoisotopic (exact) mass is 336 g/mol. The van der Waals surface area contributed by atoms with Crippen molar-refractivity contribution in [2.75, 3.05) is 13.2 Å². The number of carboxylic acids is 2. The van der Waals surface area contributed by atoms with E-state index in [1.165, 1.54) is 0 Å². The normalized spacial score (nSPS) is 15.9. The summed E-state index contributed by atoms with van der Waals surface area (Å²) in [5, 5.41) is 65.7. The number of aliphatic hydroxyl groups is 6. The molecule has 0 saturated carbocycles. The number of carbonyl (C=O) groups is 2. The van der Waals surface area contributed by atoms with E-state index in [9.17, 15) is 9.59 Å². The molecule has 0 bridgehead atoms. The quantitative estimate of drug-likeness (QED) is 0.219. The summed E-state index contributed by atoms with van der Waals surface area (Å²) >= 11 is 0. The Labute approximate surface area is 120 Å². The van der Waals surface area contributed by atoms with Crippen LogP contribution in [0.4, 0.5) is 0 Å². The van der Waals surface area contributed by atoms with Gasteiger partial charge in [0.25, 0.3) is 0 Å². The van der Waals surface area contributed by atoms with Gasteiger partial charge in [0, 0.05) is 19.5 Å². The van der Waals surface area contributed by atoms with Gasteiger partial charge in [-0.25, -0.2) is 9.59 Å². The van der Waals surface area contributed by atoms with Crippen LogP contribution in [0.25, 0.3) is 0 Å². The van der Waals surface area contributed by atoms with Crippen LogP contribution in [0.5, 0.6) is 0 Å². The van der Waals surface area contributed by atoms with Crippen molar-refractivity contribution in [3.05, 3.63) is 0 Å². The Morgan fingerprint density at radius 3 is 1.00 bits per heavy atom. The molecular weight excluding hydrogens is 321 g/mol. The maximum absolute atomic E-state index is 9.78. The third-order valence-corrected chi connectivity index (χ3v) is 1.61. The minimum absolute atomic E-state index is 0. The largest absolute Gasteiger partial charge is 0.479 e. The molecule has 0 spiro atoms. The second-order valence-electron chi connectivity index (χ2n) is 3.07. The molecule has 0 heterocycles. The Balaban J connectivity index is -0.000000256. The van der Waals surface area contributed by atoms with Crippen molar-refractivity contribution in [2.45, 2.75) is 24.4 Å². The summed E-state index contributed by atoms with van der Waals surface area (Å²) in [4.78, 5) is 19.6. The maximum Gasteiger partial charge on any atom is 0.335 e. The number of aliphatic hydroxyl groups excluding tert-OH is 6. The fourth-order valence-electron chi connectivity index (χ4n) is 0.529. The zero-order chi connectivity index (χ0) is 14.9. The summed E-state index contributed by atoms with van der Waals surface area (Å²) in [6, 6.07) is 0. The fourth-order valence-corrected chi connectivity index (χ4v) is 0.529. The smallest absolute Gasteiger partial charge is 0.335 e.